The van der Waals surface area contributed by atoms with Crippen molar-refractivity contribution in [1.82, 2.24) is 4.90 Å². The number of rotatable bonds is 4. The van der Waals surface area contributed by atoms with Crippen LogP contribution in [-0.4, -0.2) is 29.3 Å². The predicted molar refractivity (Wildman–Crippen MR) is 72.1 cm³/mol. The Morgan fingerprint density at radius 2 is 2.33 bits per heavy atom. The molecular weight excluding hydrogens is 250 g/mol. The maximum Gasteiger partial charge on any atom is 0.289 e. The number of hydrogen-bond acceptors (Lipinski definition) is 2. The Morgan fingerprint density at radius 1 is 1.50 bits per heavy atom. The number of likely N-dealkylation sites (tertiary alicyclic amines) is 1. The van der Waals surface area contributed by atoms with Crippen molar-refractivity contribution in [3.8, 4) is 0 Å². The molecule has 1 aliphatic heterocycles. The van der Waals surface area contributed by atoms with Crippen molar-refractivity contribution in [1.29, 1.82) is 0 Å². The van der Waals surface area contributed by atoms with E-state index in [4.69, 9.17) is 16.0 Å². The molecule has 2 rings (SSSR count). The van der Waals surface area contributed by atoms with E-state index in [0.29, 0.717) is 11.6 Å². The van der Waals surface area contributed by atoms with Crippen LogP contribution in [0.1, 0.15) is 48.9 Å². The van der Waals surface area contributed by atoms with Gasteiger partial charge in [0, 0.05) is 24.9 Å². The highest BCUT2D eigenvalue weighted by Crippen LogP contribution is 2.23. The van der Waals surface area contributed by atoms with E-state index in [2.05, 4.69) is 0 Å². The topological polar surface area (TPSA) is 33.5 Å². The van der Waals surface area contributed by atoms with Gasteiger partial charge >= 0.3 is 0 Å². The van der Waals surface area contributed by atoms with Gasteiger partial charge < -0.3 is 9.32 Å². The first kappa shape index (κ1) is 13.5. The molecule has 1 amide bonds. The summed E-state index contributed by atoms with van der Waals surface area (Å²) >= 11 is 5.82. The first-order valence-electron chi connectivity index (χ1n) is 6.72. The van der Waals surface area contributed by atoms with E-state index in [-0.39, 0.29) is 11.9 Å². The fourth-order valence-corrected chi connectivity index (χ4v) is 2.77. The van der Waals surface area contributed by atoms with Crippen LogP contribution >= 0.6 is 11.6 Å². The van der Waals surface area contributed by atoms with Gasteiger partial charge in [-0.25, -0.2) is 0 Å². The molecule has 1 aromatic rings. The van der Waals surface area contributed by atoms with Crippen molar-refractivity contribution in [2.24, 2.45) is 0 Å². The smallest absolute Gasteiger partial charge is 0.289 e. The Hall–Kier alpha value is -0.960. The third kappa shape index (κ3) is 2.89. The van der Waals surface area contributed by atoms with Gasteiger partial charge in [-0.3, -0.25) is 4.79 Å². The van der Waals surface area contributed by atoms with Gasteiger partial charge in [0.2, 0.25) is 0 Å². The molecule has 0 bridgehead atoms. The zero-order valence-electron chi connectivity index (χ0n) is 10.8. The van der Waals surface area contributed by atoms with Crippen molar-refractivity contribution in [2.75, 3.05) is 12.4 Å². The maximum atomic E-state index is 12.4. The van der Waals surface area contributed by atoms with E-state index in [0.717, 1.165) is 38.0 Å². The van der Waals surface area contributed by atoms with Crippen LogP contribution in [0.4, 0.5) is 0 Å². The number of carbonyl (C=O) groups excluding carboxylic acids is 1. The van der Waals surface area contributed by atoms with Gasteiger partial charge in [0.1, 0.15) is 5.76 Å². The largest absolute Gasteiger partial charge is 0.456 e. The van der Waals surface area contributed by atoms with Crippen LogP contribution in [0.15, 0.2) is 16.5 Å². The van der Waals surface area contributed by atoms with E-state index in [9.17, 15) is 4.79 Å². The number of piperidine rings is 1. The van der Waals surface area contributed by atoms with Crippen LogP contribution in [0.5, 0.6) is 0 Å². The number of alkyl halides is 1. The second kappa shape index (κ2) is 6.28. The number of hydrogen-bond donors (Lipinski definition) is 0. The zero-order chi connectivity index (χ0) is 13.0. The molecule has 4 heteroatoms. The summed E-state index contributed by atoms with van der Waals surface area (Å²) in [6.45, 7) is 2.84. The Kier molecular flexibility index (Phi) is 4.70. The van der Waals surface area contributed by atoms with Crippen LogP contribution in [-0.2, 0) is 6.42 Å². The summed E-state index contributed by atoms with van der Waals surface area (Å²) in [5.74, 6) is 1.95. The number of nitrogens with zero attached hydrogens (tertiary/aromatic N) is 1. The van der Waals surface area contributed by atoms with E-state index >= 15 is 0 Å². The molecule has 1 fully saturated rings. The molecule has 1 atom stereocenters. The van der Waals surface area contributed by atoms with Gasteiger partial charge in [-0.15, -0.1) is 11.6 Å². The SMILES string of the molecule is CCc1ccc(C(=O)N2CCCCC2CCCl)o1. The lowest BCUT2D eigenvalue weighted by atomic mass is 9.99. The Labute approximate surface area is 113 Å². The second-order valence-electron chi connectivity index (χ2n) is 4.75. The standard InChI is InChI=1S/C14H20ClNO2/c1-2-12-6-7-13(18-12)14(17)16-10-4-3-5-11(16)8-9-15/h6-7,11H,2-5,8-10H2,1H3. The average molecular weight is 270 g/mol. The molecule has 1 unspecified atom stereocenters. The molecule has 1 aromatic heterocycles. The summed E-state index contributed by atoms with van der Waals surface area (Å²) in [6, 6.07) is 3.94. The number of carbonyl (C=O) groups is 1. The summed E-state index contributed by atoms with van der Waals surface area (Å²) in [7, 11) is 0. The Bertz CT molecular complexity index is 400. The minimum atomic E-state index is 0.0181. The molecule has 0 saturated carbocycles. The van der Waals surface area contributed by atoms with E-state index in [1.807, 2.05) is 17.9 Å². The summed E-state index contributed by atoms with van der Waals surface area (Å²) in [5.41, 5.74) is 0. The average Bonchev–Trinajstić information content (AvgIpc) is 2.88. The van der Waals surface area contributed by atoms with Crippen LogP contribution in [0, 0.1) is 0 Å². The first-order chi connectivity index (χ1) is 8.76. The molecule has 18 heavy (non-hydrogen) atoms. The Morgan fingerprint density at radius 3 is 3.00 bits per heavy atom. The minimum Gasteiger partial charge on any atom is -0.456 e. The summed E-state index contributed by atoms with van der Waals surface area (Å²) in [4.78, 5) is 14.3. The molecule has 1 saturated heterocycles. The van der Waals surface area contributed by atoms with Gasteiger partial charge in [-0.05, 0) is 37.8 Å². The van der Waals surface area contributed by atoms with Gasteiger partial charge in [-0.2, -0.15) is 0 Å². The Balaban J connectivity index is 2.10. The monoisotopic (exact) mass is 269 g/mol. The van der Waals surface area contributed by atoms with Crippen molar-refractivity contribution < 1.29 is 9.21 Å². The van der Waals surface area contributed by atoms with Crippen molar-refractivity contribution in [3.05, 3.63) is 23.7 Å². The third-order valence-corrected chi connectivity index (χ3v) is 3.77. The molecule has 3 nitrogen and oxygen atoms in total. The number of amides is 1. The van der Waals surface area contributed by atoms with Gasteiger partial charge in [0.05, 0.1) is 0 Å². The fourth-order valence-electron chi connectivity index (χ4n) is 2.52. The number of furan rings is 1. The van der Waals surface area contributed by atoms with Gasteiger partial charge in [0.15, 0.2) is 5.76 Å². The molecule has 1 aliphatic rings. The van der Waals surface area contributed by atoms with Crippen LogP contribution in [0.2, 0.25) is 0 Å². The lowest BCUT2D eigenvalue weighted by Crippen LogP contribution is -2.43. The van der Waals surface area contributed by atoms with Crippen LogP contribution < -0.4 is 0 Å². The summed E-state index contributed by atoms with van der Waals surface area (Å²) < 4.78 is 5.55. The van der Waals surface area contributed by atoms with E-state index < -0.39 is 0 Å². The van der Waals surface area contributed by atoms with Gasteiger partial charge in [0.25, 0.3) is 5.91 Å². The third-order valence-electron chi connectivity index (χ3n) is 3.55. The molecule has 0 spiro atoms. The van der Waals surface area contributed by atoms with E-state index in [1.54, 1.807) is 6.07 Å². The van der Waals surface area contributed by atoms with Gasteiger partial charge in [-0.1, -0.05) is 6.92 Å². The highest BCUT2D eigenvalue weighted by Gasteiger charge is 2.28. The molecule has 0 radical (unpaired) electrons. The number of halogens is 1. The minimum absolute atomic E-state index is 0.0181. The number of aryl methyl sites for hydroxylation is 1. The van der Waals surface area contributed by atoms with Crippen molar-refractivity contribution in [2.45, 2.75) is 45.1 Å². The predicted octanol–water partition coefficient (Wildman–Crippen LogP) is 3.47. The molecular formula is C14H20ClNO2. The highest BCUT2D eigenvalue weighted by molar-refractivity contribution is 6.17. The first-order valence-corrected chi connectivity index (χ1v) is 7.25. The van der Waals surface area contributed by atoms with Crippen LogP contribution in [0.25, 0.3) is 0 Å². The fraction of sp³-hybridized carbons (Fsp3) is 0.643. The highest BCUT2D eigenvalue weighted by atomic mass is 35.5. The van der Waals surface area contributed by atoms with Crippen molar-refractivity contribution in [3.63, 3.8) is 0 Å². The lowest BCUT2D eigenvalue weighted by Gasteiger charge is -2.35. The summed E-state index contributed by atoms with van der Waals surface area (Å²) in [5, 5.41) is 0. The quantitative estimate of drug-likeness (QED) is 0.785. The molecule has 2 heterocycles. The normalized spacial score (nSPS) is 20.1. The van der Waals surface area contributed by atoms with Crippen molar-refractivity contribution >= 4 is 17.5 Å². The second-order valence-corrected chi connectivity index (χ2v) is 5.12. The van der Waals surface area contributed by atoms with E-state index in [1.165, 1.54) is 6.42 Å². The van der Waals surface area contributed by atoms with Crippen LogP contribution in [0.3, 0.4) is 0 Å². The summed E-state index contributed by atoms with van der Waals surface area (Å²) in [6.07, 6.45) is 5.00. The molecule has 0 aliphatic carbocycles. The molecule has 100 valence electrons. The maximum absolute atomic E-state index is 12.4. The lowest BCUT2D eigenvalue weighted by molar-refractivity contribution is 0.0575. The zero-order valence-corrected chi connectivity index (χ0v) is 11.6. The molecule has 0 aromatic carbocycles. The molecule has 0 N–H and O–H groups in total.